The van der Waals surface area contributed by atoms with Gasteiger partial charge in [0.25, 0.3) is 5.91 Å². The zero-order chi connectivity index (χ0) is 13.4. The summed E-state index contributed by atoms with van der Waals surface area (Å²) in [6.45, 7) is 2.91. The molecular weight excluding hydrogens is 240 g/mol. The molecule has 0 unspecified atom stereocenters. The quantitative estimate of drug-likeness (QED) is 0.321. The molecule has 0 aliphatic carbocycles. The summed E-state index contributed by atoms with van der Waals surface area (Å²) in [6.07, 6.45) is 2.14. The van der Waals surface area contributed by atoms with E-state index in [1.165, 1.54) is 18.3 Å². The van der Waals surface area contributed by atoms with Crippen molar-refractivity contribution in [1.82, 2.24) is 10.7 Å². The molecule has 1 aromatic rings. The predicted molar refractivity (Wildman–Crippen MR) is 64.3 cm³/mol. The highest BCUT2D eigenvalue weighted by molar-refractivity contribution is 5.81. The summed E-state index contributed by atoms with van der Waals surface area (Å²) in [4.78, 5) is 20.9. The Morgan fingerprint density at radius 1 is 1.61 bits per heavy atom. The molecule has 0 atom stereocenters. The van der Waals surface area contributed by atoms with Crippen LogP contribution in [0, 0.1) is 10.1 Å². The number of nitrogens with one attached hydrogen (secondary N) is 2. The van der Waals surface area contributed by atoms with E-state index in [1.54, 1.807) is 0 Å². The van der Waals surface area contributed by atoms with E-state index < -0.39 is 4.92 Å². The van der Waals surface area contributed by atoms with Gasteiger partial charge in [-0.05, 0) is 19.0 Å². The molecule has 0 aliphatic rings. The smallest absolute Gasteiger partial charge is 0.400 e. The summed E-state index contributed by atoms with van der Waals surface area (Å²) < 4.78 is 4.81. The first-order valence-corrected chi connectivity index (χ1v) is 5.40. The van der Waals surface area contributed by atoms with E-state index >= 15 is 0 Å². The summed E-state index contributed by atoms with van der Waals surface area (Å²) in [6, 6.07) is 2.61. The van der Waals surface area contributed by atoms with Gasteiger partial charge in [0.2, 0.25) is 0 Å². The minimum atomic E-state index is -0.648. The van der Waals surface area contributed by atoms with Gasteiger partial charge in [-0.25, -0.2) is 5.43 Å². The SMILES string of the molecule is CCCNCC(=O)N/N=C/c1ccc([N+](=O)[O-])o1. The number of nitrogens with zero attached hydrogens (tertiary/aromatic N) is 2. The van der Waals surface area contributed by atoms with Crippen LogP contribution in [0.1, 0.15) is 19.1 Å². The summed E-state index contributed by atoms with van der Waals surface area (Å²) in [5, 5.41) is 16.8. The standard InChI is InChI=1S/C10H14N4O4/c1-2-5-11-7-9(15)13-12-6-8-3-4-10(18-8)14(16)17/h3-4,6,11H,2,5,7H2,1H3,(H,13,15)/b12-6+. The first-order valence-electron chi connectivity index (χ1n) is 5.40. The van der Waals surface area contributed by atoms with Crippen LogP contribution in [-0.4, -0.2) is 30.1 Å². The molecule has 18 heavy (non-hydrogen) atoms. The molecular formula is C10H14N4O4. The van der Waals surface area contributed by atoms with Crippen LogP contribution in [0.25, 0.3) is 0 Å². The zero-order valence-corrected chi connectivity index (χ0v) is 9.88. The van der Waals surface area contributed by atoms with E-state index in [9.17, 15) is 14.9 Å². The van der Waals surface area contributed by atoms with Crippen molar-refractivity contribution in [1.29, 1.82) is 0 Å². The van der Waals surface area contributed by atoms with Gasteiger partial charge in [-0.3, -0.25) is 14.9 Å². The van der Waals surface area contributed by atoms with Crippen molar-refractivity contribution in [3.63, 3.8) is 0 Å². The maximum Gasteiger partial charge on any atom is 0.433 e. The van der Waals surface area contributed by atoms with Gasteiger partial charge in [-0.1, -0.05) is 6.92 Å². The lowest BCUT2D eigenvalue weighted by atomic mass is 10.5. The Morgan fingerprint density at radius 3 is 3.00 bits per heavy atom. The molecule has 2 N–H and O–H groups in total. The Morgan fingerprint density at radius 2 is 2.39 bits per heavy atom. The molecule has 0 saturated carbocycles. The van der Waals surface area contributed by atoms with Gasteiger partial charge in [0.1, 0.15) is 4.92 Å². The number of hydrogen-bond donors (Lipinski definition) is 2. The fourth-order valence-corrected chi connectivity index (χ4v) is 1.10. The highest BCUT2D eigenvalue weighted by Crippen LogP contribution is 2.13. The molecule has 8 nitrogen and oxygen atoms in total. The number of rotatable bonds is 7. The molecule has 98 valence electrons. The van der Waals surface area contributed by atoms with E-state index in [0.29, 0.717) is 0 Å². The maximum absolute atomic E-state index is 11.2. The van der Waals surface area contributed by atoms with Gasteiger partial charge in [0.05, 0.1) is 18.8 Å². The van der Waals surface area contributed by atoms with Crippen molar-refractivity contribution >= 4 is 18.0 Å². The number of amides is 1. The molecule has 1 heterocycles. The number of hydrazone groups is 1. The van der Waals surface area contributed by atoms with Crippen LogP contribution in [0.4, 0.5) is 5.88 Å². The summed E-state index contributed by atoms with van der Waals surface area (Å²) in [5.41, 5.74) is 2.27. The Labute approximate surface area is 103 Å². The van der Waals surface area contributed by atoms with Crippen molar-refractivity contribution in [2.45, 2.75) is 13.3 Å². The molecule has 0 spiro atoms. The second-order valence-electron chi connectivity index (χ2n) is 3.40. The third-order valence-electron chi connectivity index (χ3n) is 1.89. The summed E-state index contributed by atoms with van der Waals surface area (Å²) in [7, 11) is 0. The Hall–Kier alpha value is -2.22. The Balaban J connectivity index is 2.35. The molecule has 0 aliphatic heterocycles. The number of carbonyl (C=O) groups is 1. The molecule has 8 heteroatoms. The average Bonchev–Trinajstić information content (AvgIpc) is 2.78. The van der Waals surface area contributed by atoms with E-state index in [4.69, 9.17) is 4.42 Å². The van der Waals surface area contributed by atoms with Gasteiger partial charge in [0.15, 0.2) is 5.76 Å². The second kappa shape index (κ2) is 7.17. The maximum atomic E-state index is 11.2. The van der Waals surface area contributed by atoms with Gasteiger partial charge < -0.3 is 9.73 Å². The third kappa shape index (κ3) is 4.74. The largest absolute Gasteiger partial charge is 0.433 e. The second-order valence-corrected chi connectivity index (χ2v) is 3.40. The minimum absolute atomic E-state index is 0.170. The van der Waals surface area contributed by atoms with Crippen LogP contribution in [0.15, 0.2) is 21.7 Å². The van der Waals surface area contributed by atoms with Crippen molar-refractivity contribution in [3.05, 3.63) is 28.0 Å². The van der Waals surface area contributed by atoms with Gasteiger partial charge in [-0.2, -0.15) is 5.10 Å². The van der Waals surface area contributed by atoms with Crippen molar-refractivity contribution in [2.24, 2.45) is 5.10 Å². The number of hydrogen-bond acceptors (Lipinski definition) is 6. The molecule has 0 radical (unpaired) electrons. The van der Waals surface area contributed by atoms with Gasteiger partial charge in [-0.15, -0.1) is 0 Å². The first-order chi connectivity index (χ1) is 8.63. The molecule has 0 aromatic carbocycles. The highest BCUT2D eigenvalue weighted by atomic mass is 16.6. The van der Waals surface area contributed by atoms with Crippen LogP contribution in [0.5, 0.6) is 0 Å². The molecule has 1 rings (SSSR count). The van der Waals surface area contributed by atoms with Crippen molar-refractivity contribution < 1.29 is 14.1 Å². The van der Waals surface area contributed by atoms with Crippen LogP contribution in [0.2, 0.25) is 0 Å². The van der Waals surface area contributed by atoms with E-state index in [0.717, 1.165) is 13.0 Å². The summed E-state index contributed by atoms with van der Waals surface area (Å²) >= 11 is 0. The molecule has 1 amide bonds. The van der Waals surface area contributed by atoms with Crippen molar-refractivity contribution in [2.75, 3.05) is 13.1 Å². The van der Waals surface area contributed by atoms with E-state index in [1.807, 2.05) is 6.92 Å². The number of carbonyl (C=O) groups excluding carboxylic acids is 1. The van der Waals surface area contributed by atoms with Gasteiger partial charge in [0, 0.05) is 0 Å². The molecule has 0 bridgehead atoms. The third-order valence-corrected chi connectivity index (χ3v) is 1.89. The van der Waals surface area contributed by atoms with Crippen LogP contribution in [0.3, 0.4) is 0 Å². The van der Waals surface area contributed by atoms with Crippen LogP contribution >= 0.6 is 0 Å². The highest BCUT2D eigenvalue weighted by Gasteiger charge is 2.10. The topological polar surface area (TPSA) is 110 Å². The lowest BCUT2D eigenvalue weighted by molar-refractivity contribution is -0.402. The predicted octanol–water partition coefficient (Wildman–Crippen LogP) is 0.638. The lowest BCUT2D eigenvalue weighted by Crippen LogP contribution is -2.31. The monoisotopic (exact) mass is 254 g/mol. The average molecular weight is 254 g/mol. The fourth-order valence-electron chi connectivity index (χ4n) is 1.10. The fraction of sp³-hybridized carbons (Fsp3) is 0.400. The summed E-state index contributed by atoms with van der Waals surface area (Å²) in [5.74, 6) is -0.461. The molecule has 1 aromatic heterocycles. The minimum Gasteiger partial charge on any atom is -0.400 e. The number of furan rings is 1. The van der Waals surface area contributed by atoms with E-state index in [-0.39, 0.29) is 24.1 Å². The van der Waals surface area contributed by atoms with Crippen molar-refractivity contribution in [3.8, 4) is 0 Å². The van der Waals surface area contributed by atoms with Gasteiger partial charge >= 0.3 is 5.88 Å². The van der Waals surface area contributed by atoms with Crippen LogP contribution in [-0.2, 0) is 4.79 Å². The zero-order valence-electron chi connectivity index (χ0n) is 9.88. The van der Waals surface area contributed by atoms with Crippen LogP contribution < -0.4 is 10.7 Å². The Kier molecular flexibility index (Phi) is 5.52. The molecule has 0 fully saturated rings. The Bertz CT molecular complexity index is 441. The first kappa shape index (κ1) is 13.8. The molecule has 0 saturated heterocycles. The number of nitro groups is 1. The van der Waals surface area contributed by atoms with E-state index in [2.05, 4.69) is 15.8 Å². The normalized spacial score (nSPS) is 10.7. The lowest BCUT2D eigenvalue weighted by Gasteiger charge is -2.00.